The Balaban J connectivity index is 1.78. The summed E-state index contributed by atoms with van der Waals surface area (Å²) in [4.78, 5) is 19.5. The Bertz CT molecular complexity index is 964. The van der Waals surface area contributed by atoms with E-state index >= 15 is 0 Å². The third-order valence-corrected chi connectivity index (χ3v) is 5.17. The van der Waals surface area contributed by atoms with E-state index in [4.69, 9.17) is 16.6 Å². The molecular weight excluding hydrogens is 360 g/mol. The molecule has 5 nitrogen and oxygen atoms in total. The maximum Gasteiger partial charge on any atom is 0.318 e. The third kappa shape index (κ3) is 3.39. The van der Waals surface area contributed by atoms with E-state index in [9.17, 15) is 4.79 Å². The van der Waals surface area contributed by atoms with Crippen LogP contribution in [0.2, 0.25) is 5.02 Å². The van der Waals surface area contributed by atoms with E-state index in [1.165, 1.54) is 0 Å². The second-order valence-corrected chi connectivity index (χ2v) is 7.67. The van der Waals surface area contributed by atoms with Gasteiger partial charge in [0.15, 0.2) is 0 Å². The van der Waals surface area contributed by atoms with Gasteiger partial charge in [-0.1, -0.05) is 29.8 Å². The van der Waals surface area contributed by atoms with Gasteiger partial charge >= 0.3 is 6.03 Å². The lowest BCUT2D eigenvalue weighted by molar-refractivity contribution is 0.188. The van der Waals surface area contributed by atoms with Gasteiger partial charge in [-0.15, -0.1) is 0 Å². The average molecular weight is 383 g/mol. The van der Waals surface area contributed by atoms with Crippen molar-refractivity contribution >= 4 is 23.1 Å². The van der Waals surface area contributed by atoms with Crippen LogP contribution in [0.3, 0.4) is 0 Å². The minimum Gasteiger partial charge on any atom is -0.336 e. The molecule has 27 heavy (non-hydrogen) atoms. The Morgan fingerprint density at radius 1 is 1.22 bits per heavy atom. The monoisotopic (exact) mass is 382 g/mol. The van der Waals surface area contributed by atoms with Crippen LogP contribution in [0.15, 0.2) is 48.7 Å². The maximum atomic E-state index is 12.7. The molecule has 1 aliphatic rings. The van der Waals surface area contributed by atoms with Crippen LogP contribution in [0.5, 0.6) is 0 Å². The predicted octanol–water partition coefficient (Wildman–Crippen LogP) is 4.91. The van der Waals surface area contributed by atoms with E-state index in [1.807, 2.05) is 61.3 Å². The number of imidazole rings is 1. The summed E-state index contributed by atoms with van der Waals surface area (Å²) in [6, 6.07) is 13.9. The molecular formula is C21H23ClN4O. The molecule has 4 rings (SSSR count). The molecule has 1 fully saturated rings. The lowest BCUT2D eigenvalue weighted by Gasteiger charge is -2.25. The van der Waals surface area contributed by atoms with Crippen LogP contribution in [0.25, 0.3) is 16.8 Å². The molecule has 0 aliphatic carbocycles. The van der Waals surface area contributed by atoms with Crippen molar-refractivity contribution in [1.82, 2.24) is 19.6 Å². The van der Waals surface area contributed by atoms with Gasteiger partial charge in [-0.25, -0.2) is 9.78 Å². The van der Waals surface area contributed by atoms with Gasteiger partial charge in [0.05, 0.1) is 17.3 Å². The zero-order valence-corrected chi connectivity index (χ0v) is 16.3. The van der Waals surface area contributed by atoms with Crippen LogP contribution >= 0.6 is 11.6 Å². The summed E-state index contributed by atoms with van der Waals surface area (Å²) >= 11 is 6.04. The van der Waals surface area contributed by atoms with Crippen molar-refractivity contribution in [2.45, 2.75) is 38.8 Å². The minimum atomic E-state index is -0.0281. The van der Waals surface area contributed by atoms with Gasteiger partial charge in [-0.05, 0) is 51.0 Å². The number of hydrogen-bond acceptors (Lipinski definition) is 2. The van der Waals surface area contributed by atoms with Crippen LogP contribution < -0.4 is 5.32 Å². The first-order chi connectivity index (χ1) is 13.0. The van der Waals surface area contributed by atoms with Gasteiger partial charge in [0, 0.05) is 29.4 Å². The Labute approximate surface area is 164 Å². The summed E-state index contributed by atoms with van der Waals surface area (Å²) in [5, 5.41) is 3.72. The van der Waals surface area contributed by atoms with E-state index in [0.29, 0.717) is 5.02 Å². The maximum absolute atomic E-state index is 12.7. The van der Waals surface area contributed by atoms with E-state index in [1.54, 1.807) is 0 Å². The summed E-state index contributed by atoms with van der Waals surface area (Å²) in [6.07, 6.45) is 3.92. The van der Waals surface area contributed by atoms with E-state index < -0.39 is 0 Å². The van der Waals surface area contributed by atoms with Crippen molar-refractivity contribution in [2.75, 3.05) is 6.54 Å². The molecule has 0 radical (unpaired) electrons. The summed E-state index contributed by atoms with van der Waals surface area (Å²) in [7, 11) is 0. The molecule has 0 spiro atoms. The number of halogens is 1. The smallest absolute Gasteiger partial charge is 0.318 e. The van der Waals surface area contributed by atoms with Gasteiger partial charge < -0.3 is 14.6 Å². The molecule has 1 N–H and O–H groups in total. The number of amides is 2. The highest BCUT2D eigenvalue weighted by Gasteiger charge is 2.33. The molecule has 2 amide bonds. The van der Waals surface area contributed by atoms with Gasteiger partial charge in [0.2, 0.25) is 0 Å². The van der Waals surface area contributed by atoms with Gasteiger partial charge in [-0.2, -0.15) is 0 Å². The van der Waals surface area contributed by atoms with Crippen molar-refractivity contribution in [2.24, 2.45) is 0 Å². The topological polar surface area (TPSA) is 49.6 Å². The van der Waals surface area contributed by atoms with Gasteiger partial charge in [0.25, 0.3) is 0 Å². The number of carbonyl (C=O) groups excluding carboxylic acids is 1. The van der Waals surface area contributed by atoms with Gasteiger partial charge in [-0.3, -0.25) is 0 Å². The van der Waals surface area contributed by atoms with Crippen LogP contribution in [0.4, 0.5) is 4.79 Å². The molecule has 3 aromatic rings. The number of aromatic nitrogens is 2. The SMILES string of the molecule is CC(C)NC(=O)N1CCCC1c1nc(-c2ccc(Cl)cc2)c2ccccn12. The molecule has 6 heteroatoms. The van der Waals surface area contributed by atoms with Crippen molar-refractivity contribution in [3.63, 3.8) is 0 Å². The van der Waals surface area contributed by atoms with Crippen LogP contribution in [-0.4, -0.2) is 32.9 Å². The Morgan fingerprint density at radius 3 is 2.74 bits per heavy atom. The van der Waals surface area contributed by atoms with Crippen molar-refractivity contribution in [1.29, 1.82) is 0 Å². The summed E-state index contributed by atoms with van der Waals surface area (Å²) in [5.41, 5.74) is 2.97. The molecule has 1 saturated heterocycles. The molecule has 1 aliphatic heterocycles. The number of carbonyl (C=O) groups is 1. The first kappa shape index (κ1) is 17.9. The zero-order valence-electron chi connectivity index (χ0n) is 15.5. The largest absolute Gasteiger partial charge is 0.336 e. The third-order valence-electron chi connectivity index (χ3n) is 4.92. The van der Waals surface area contributed by atoms with E-state index in [0.717, 1.165) is 42.0 Å². The molecule has 3 heterocycles. The minimum absolute atomic E-state index is 0.0202. The summed E-state index contributed by atoms with van der Waals surface area (Å²) in [6.45, 7) is 4.71. The lowest BCUT2D eigenvalue weighted by Crippen LogP contribution is -2.42. The van der Waals surface area contributed by atoms with Crippen LogP contribution in [0, 0.1) is 0 Å². The highest BCUT2D eigenvalue weighted by atomic mass is 35.5. The average Bonchev–Trinajstić information content (AvgIpc) is 3.26. The van der Waals surface area contributed by atoms with E-state index in [-0.39, 0.29) is 18.1 Å². The van der Waals surface area contributed by atoms with Crippen molar-refractivity contribution in [3.05, 3.63) is 59.5 Å². The number of likely N-dealkylation sites (tertiary alicyclic amines) is 1. The Kier molecular flexibility index (Phi) is 4.79. The molecule has 1 atom stereocenters. The number of nitrogens with zero attached hydrogens (tertiary/aromatic N) is 3. The highest BCUT2D eigenvalue weighted by molar-refractivity contribution is 6.30. The lowest BCUT2D eigenvalue weighted by atomic mass is 10.1. The molecule has 2 aromatic heterocycles. The van der Waals surface area contributed by atoms with Crippen LogP contribution in [-0.2, 0) is 0 Å². The standard InChI is InChI=1S/C21H23ClN4O/c1-14(2)23-21(27)26-13-5-7-18(26)20-24-19(15-8-10-16(22)11-9-15)17-6-3-4-12-25(17)20/h3-4,6,8-12,14,18H,5,7,13H2,1-2H3,(H,23,27). The number of hydrogen-bond donors (Lipinski definition) is 1. The number of urea groups is 1. The van der Waals surface area contributed by atoms with Crippen molar-refractivity contribution in [3.8, 4) is 11.3 Å². The summed E-state index contributed by atoms with van der Waals surface area (Å²) < 4.78 is 2.11. The molecule has 1 unspecified atom stereocenters. The number of benzene rings is 1. The molecule has 0 bridgehead atoms. The van der Waals surface area contributed by atoms with Crippen LogP contribution in [0.1, 0.15) is 38.6 Å². The molecule has 140 valence electrons. The normalized spacial score (nSPS) is 17.0. The fraction of sp³-hybridized carbons (Fsp3) is 0.333. The van der Waals surface area contributed by atoms with E-state index in [2.05, 4.69) is 15.8 Å². The number of nitrogens with one attached hydrogen (secondary N) is 1. The Hall–Kier alpha value is -2.53. The second-order valence-electron chi connectivity index (χ2n) is 7.24. The number of rotatable bonds is 3. The fourth-order valence-corrected chi connectivity index (χ4v) is 3.85. The fourth-order valence-electron chi connectivity index (χ4n) is 3.72. The first-order valence-corrected chi connectivity index (χ1v) is 9.72. The number of fused-ring (bicyclic) bond motifs is 1. The molecule has 0 saturated carbocycles. The highest BCUT2D eigenvalue weighted by Crippen LogP contribution is 2.35. The predicted molar refractivity (Wildman–Crippen MR) is 108 cm³/mol. The van der Waals surface area contributed by atoms with Gasteiger partial charge in [0.1, 0.15) is 5.82 Å². The zero-order chi connectivity index (χ0) is 19.0. The number of pyridine rings is 1. The second kappa shape index (κ2) is 7.24. The summed E-state index contributed by atoms with van der Waals surface area (Å²) in [5.74, 6) is 0.909. The van der Waals surface area contributed by atoms with Crippen molar-refractivity contribution < 1.29 is 4.79 Å². The first-order valence-electron chi connectivity index (χ1n) is 9.34. The molecule has 1 aromatic carbocycles. The quantitative estimate of drug-likeness (QED) is 0.699. The Morgan fingerprint density at radius 2 is 2.00 bits per heavy atom.